The monoisotopic (exact) mass is 365 g/mol. The molecule has 1 fully saturated rings. The molecule has 2 nitrogen and oxygen atoms in total. The van der Waals surface area contributed by atoms with Gasteiger partial charge in [0.2, 0.25) is 0 Å². The molecule has 0 saturated carbocycles. The van der Waals surface area contributed by atoms with Crippen LogP contribution in [0.25, 0.3) is 0 Å². The van der Waals surface area contributed by atoms with E-state index in [4.69, 9.17) is 0 Å². The maximum absolute atomic E-state index is 2.48. The second kappa shape index (κ2) is 6.23. The zero-order chi connectivity index (χ0) is 12.5. The number of likely N-dealkylation sites (tertiary alicyclic amines) is 1. The number of hydrogen-bond donors (Lipinski definition) is 0. The Morgan fingerprint density at radius 2 is 1.56 bits per heavy atom. The molecule has 1 heterocycles. The molecule has 1 saturated heterocycles. The zero-order valence-corrected chi connectivity index (χ0v) is 14.7. The minimum absolute atomic E-state index is 0. The third kappa shape index (κ3) is 4.49. The smallest absolute Gasteiger partial charge is 0.0839 e. The molecule has 106 valence electrons. The summed E-state index contributed by atoms with van der Waals surface area (Å²) in [6, 6.07) is 0. The summed E-state index contributed by atoms with van der Waals surface area (Å²) in [5, 5.41) is 0. The molecule has 0 spiro atoms. The lowest BCUT2D eigenvalue weighted by molar-refractivity contribution is -0.909. The van der Waals surface area contributed by atoms with Crippen LogP contribution in [0.3, 0.4) is 0 Å². The van der Waals surface area contributed by atoms with Crippen molar-refractivity contribution in [2.75, 3.05) is 54.4 Å². The predicted molar refractivity (Wildman–Crippen MR) is 73.7 cm³/mol. The molecule has 2 aliphatic rings. The molecule has 0 aromatic carbocycles. The van der Waals surface area contributed by atoms with Crippen LogP contribution < -0.4 is 24.0 Å². The fourth-order valence-corrected chi connectivity index (χ4v) is 3.69. The van der Waals surface area contributed by atoms with Gasteiger partial charge in [0.25, 0.3) is 0 Å². The standard InChI is InChI=1S/C15H30N2.HI/c1-16(2,3)10-7-11-17(4)12-14-8-5-6-9-15(14)13-17;/h5-6,14-15H,7-13H2,1-4H3;1H/q+2;/p-1. The minimum atomic E-state index is 0. The summed E-state index contributed by atoms with van der Waals surface area (Å²) >= 11 is 0. The average molecular weight is 365 g/mol. The first-order valence-corrected chi connectivity index (χ1v) is 7.17. The molecule has 0 bridgehead atoms. The number of allylic oxidation sites excluding steroid dienone is 2. The lowest BCUT2D eigenvalue weighted by Gasteiger charge is -2.32. The Morgan fingerprint density at radius 3 is 2.00 bits per heavy atom. The molecule has 18 heavy (non-hydrogen) atoms. The van der Waals surface area contributed by atoms with E-state index in [0.717, 1.165) is 16.3 Å². The lowest BCUT2D eigenvalue weighted by Crippen LogP contribution is -3.00. The fraction of sp³-hybridized carbons (Fsp3) is 0.867. The second-order valence-corrected chi connectivity index (χ2v) is 7.54. The van der Waals surface area contributed by atoms with Crippen LogP contribution in [0.4, 0.5) is 0 Å². The van der Waals surface area contributed by atoms with Crippen molar-refractivity contribution in [1.82, 2.24) is 0 Å². The van der Waals surface area contributed by atoms with Crippen molar-refractivity contribution in [3.63, 3.8) is 0 Å². The van der Waals surface area contributed by atoms with Gasteiger partial charge in [0.05, 0.1) is 54.4 Å². The van der Waals surface area contributed by atoms with Gasteiger partial charge >= 0.3 is 0 Å². The largest absolute Gasteiger partial charge is 1.00 e. The van der Waals surface area contributed by atoms with E-state index in [1.54, 1.807) is 0 Å². The third-order valence-electron chi connectivity index (χ3n) is 4.59. The van der Waals surface area contributed by atoms with Gasteiger partial charge in [-0.25, -0.2) is 0 Å². The highest BCUT2D eigenvalue weighted by Gasteiger charge is 2.42. The lowest BCUT2D eigenvalue weighted by atomic mass is 9.86. The number of halogens is 1. The van der Waals surface area contributed by atoms with Crippen LogP contribution in [-0.4, -0.2) is 63.3 Å². The van der Waals surface area contributed by atoms with Gasteiger partial charge in [0.1, 0.15) is 0 Å². The topological polar surface area (TPSA) is 0 Å². The second-order valence-electron chi connectivity index (χ2n) is 7.54. The van der Waals surface area contributed by atoms with Crippen LogP contribution in [0.1, 0.15) is 19.3 Å². The van der Waals surface area contributed by atoms with Crippen LogP contribution in [-0.2, 0) is 0 Å². The number of nitrogens with zero attached hydrogens (tertiary/aromatic N) is 2. The number of quaternary nitrogens is 2. The number of fused-ring (bicyclic) bond motifs is 1. The van der Waals surface area contributed by atoms with E-state index in [2.05, 4.69) is 40.3 Å². The molecule has 2 atom stereocenters. The first kappa shape index (κ1) is 16.4. The van der Waals surface area contributed by atoms with Gasteiger partial charge in [-0.1, -0.05) is 12.2 Å². The Morgan fingerprint density at radius 1 is 1.06 bits per heavy atom. The van der Waals surface area contributed by atoms with E-state index >= 15 is 0 Å². The van der Waals surface area contributed by atoms with Gasteiger partial charge < -0.3 is 32.9 Å². The summed E-state index contributed by atoms with van der Waals surface area (Å²) in [6.45, 7) is 5.53. The summed E-state index contributed by atoms with van der Waals surface area (Å²) in [5.74, 6) is 1.96. The van der Waals surface area contributed by atoms with Crippen molar-refractivity contribution in [1.29, 1.82) is 0 Å². The SMILES string of the molecule is C[N+](C)(C)CCC[N+]1(C)CC2CC=CCC2C1.[I-]. The maximum Gasteiger partial charge on any atom is 0.0839 e. The first-order chi connectivity index (χ1) is 7.88. The van der Waals surface area contributed by atoms with Crippen LogP contribution >= 0.6 is 0 Å². The summed E-state index contributed by atoms with van der Waals surface area (Å²) in [5.41, 5.74) is 0. The van der Waals surface area contributed by atoms with E-state index in [9.17, 15) is 0 Å². The van der Waals surface area contributed by atoms with Crippen molar-refractivity contribution < 1.29 is 32.9 Å². The number of hydrogen-bond acceptors (Lipinski definition) is 0. The fourth-order valence-electron chi connectivity index (χ4n) is 3.69. The molecule has 0 aromatic rings. The average Bonchev–Trinajstić information content (AvgIpc) is 2.51. The Balaban J connectivity index is 0.00000162. The summed E-state index contributed by atoms with van der Waals surface area (Å²) in [4.78, 5) is 0. The van der Waals surface area contributed by atoms with Crippen molar-refractivity contribution in [2.45, 2.75) is 19.3 Å². The Bertz CT molecular complexity index is 277. The van der Waals surface area contributed by atoms with Crippen molar-refractivity contribution in [3.8, 4) is 0 Å². The van der Waals surface area contributed by atoms with Crippen LogP contribution in [0.5, 0.6) is 0 Å². The third-order valence-corrected chi connectivity index (χ3v) is 4.59. The van der Waals surface area contributed by atoms with Gasteiger partial charge in [0, 0.05) is 18.3 Å². The number of rotatable bonds is 4. The van der Waals surface area contributed by atoms with Crippen LogP contribution in [0, 0.1) is 11.8 Å². The molecule has 1 aliphatic carbocycles. The zero-order valence-electron chi connectivity index (χ0n) is 12.5. The van der Waals surface area contributed by atoms with E-state index in [-0.39, 0.29) is 24.0 Å². The van der Waals surface area contributed by atoms with E-state index in [0.29, 0.717) is 0 Å². The molecule has 0 N–H and O–H groups in total. The highest BCUT2D eigenvalue weighted by Crippen LogP contribution is 2.36. The van der Waals surface area contributed by atoms with Gasteiger partial charge in [-0.05, 0) is 12.8 Å². The summed E-state index contributed by atoms with van der Waals surface area (Å²) < 4.78 is 2.44. The van der Waals surface area contributed by atoms with E-state index < -0.39 is 0 Å². The normalized spacial score (nSPS) is 35.1. The van der Waals surface area contributed by atoms with E-state index in [1.807, 2.05) is 0 Å². The highest BCUT2D eigenvalue weighted by molar-refractivity contribution is 4.96. The molecule has 1 aliphatic heterocycles. The Hall–Kier alpha value is 0.390. The quantitative estimate of drug-likeness (QED) is 0.345. The first-order valence-electron chi connectivity index (χ1n) is 7.17. The van der Waals surface area contributed by atoms with Crippen LogP contribution in [0.2, 0.25) is 0 Å². The molecule has 0 radical (unpaired) electrons. The van der Waals surface area contributed by atoms with Crippen molar-refractivity contribution in [3.05, 3.63) is 12.2 Å². The van der Waals surface area contributed by atoms with Crippen molar-refractivity contribution >= 4 is 0 Å². The maximum atomic E-state index is 2.48. The van der Waals surface area contributed by atoms with Gasteiger partial charge in [-0.2, -0.15) is 0 Å². The molecule has 3 heteroatoms. The Labute approximate surface area is 130 Å². The molecule has 0 amide bonds. The molecular weight excluding hydrogens is 335 g/mol. The summed E-state index contributed by atoms with van der Waals surface area (Å²) in [6.07, 6.45) is 8.86. The predicted octanol–water partition coefficient (Wildman–Crippen LogP) is -0.871. The Kier molecular flexibility index (Phi) is 5.69. The molecule has 2 rings (SSSR count). The van der Waals surface area contributed by atoms with Crippen LogP contribution in [0.15, 0.2) is 12.2 Å². The summed E-state index contributed by atoms with van der Waals surface area (Å²) in [7, 11) is 9.38. The molecular formula is C15H30IN2+. The minimum Gasteiger partial charge on any atom is -1.00 e. The van der Waals surface area contributed by atoms with Crippen molar-refractivity contribution in [2.24, 2.45) is 11.8 Å². The molecule has 2 unspecified atom stereocenters. The van der Waals surface area contributed by atoms with Gasteiger partial charge in [-0.15, -0.1) is 0 Å². The van der Waals surface area contributed by atoms with E-state index in [1.165, 1.54) is 49.9 Å². The van der Waals surface area contributed by atoms with Gasteiger partial charge in [0.15, 0.2) is 0 Å². The molecule has 0 aromatic heterocycles. The highest BCUT2D eigenvalue weighted by atomic mass is 127. The van der Waals surface area contributed by atoms with Gasteiger partial charge in [-0.3, -0.25) is 0 Å².